The zero-order valence-electron chi connectivity index (χ0n) is 11.7. The van der Waals surface area contributed by atoms with Crippen LogP contribution >= 0.6 is 0 Å². The highest BCUT2D eigenvalue weighted by molar-refractivity contribution is 5.94. The number of benzene rings is 1. The summed E-state index contributed by atoms with van der Waals surface area (Å²) < 4.78 is 37.4. The monoisotopic (exact) mass is 309 g/mol. The molecule has 1 amide bonds. The van der Waals surface area contributed by atoms with E-state index in [1.54, 1.807) is 19.2 Å². The van der Waals surface area contributed by atoms with Crippen molar-refractivity contribution in [1.82, 2.24) is 15.5 Å². The van der Waals surface area contributed by atoms with E-state index in [0.29, 0.717) is 17.7 Å². The Morgan fingerprint density at radius 1 is 1.27 bits per heavy atom. The topological polar surface area (TPSA) is 57.8 Å². The van der Waals surface area contributed by atoms with Gasteiger partial charge in [-0.3, -0.25) is 9.89 Å². The third kappa shape index (κ3) is 4.21. The van der Waals surface area contributed by atoms with Crippen molar-refractivity contribution in [3.05, 3.63) is 59.4 Å². The molecule has 0 aliphatic rings. The molecule has 1 heterocycles. The van der Waals surface area contributed by atoms with Crippen LogP contribution in [0.4, 0.5) is 13.2 Å². The number of alkyl halides is 3. The number of hydrogen-bond acceptors (Lipinski definition) is 2. The Labute approximate surface area is 125 Å². The molecule has 2 rings (SSSR count). The van der Waals surface area contributed by atoms with Crippen LogP contribution in [0.15, 0.2) is 42.6 Å². The van der Waals surface area contributed by atoms with Crippen molar-refractivity contribution in [2.45, 2.75) is 19.6 Å². The summed E-state index contributed by atoms with van der Waals surface area (Å²) >= 11 is 0. The van der Waals surface area contributed by atoms with Gasteiger partial charge in [-0.1, -0.05) is 12.1 Å². The Morgan fingerprint density at radius 3 is 2.50 bits per heavy atom. The van der Waals surface area contributed by atoms with Gasteiger partial charge in [-0.25, -0.2) is 0 Å². The van der Waals surface area contributed by atoms with Crippen LogP contribution in [0.5, 0.6) is 0 Å². The molecule has 0 fully saturated rings. The normalized spacial score (nSPS) is 12.3. The Kier molecular flexibility index (Phi) is 4.65. The Morgan fingerprint density at radius 2 is 1.95 bits per heavy atom. The summed E-state index contributed by atoms with van der Waals surface area (Å²) in [7, 11) is 0. The van der Waals surface area contributed by atoms with Gasteiger partial charge in [-0.15, -0.1) is 0 Å². The predicted octanol–water partition coefficient (Wildman–Crippen LogP) is 3.15. The number of H-pyrrole nitrogens is 1. The van der Waals surface area contributed by atoms with E-state index < -0.39 is 11.7 Å². The summed E-state index contributed by atoms with van der Waals surface area (Å²) in [5.41, 5.74) is 1.18. The van der Waals surface area contributed by atoms with E-state index in [9.17, 15) is 18.0 Å². The first kappa shape index (κ1) is 15.8. The molecule has 0 saturated carbocycles. The number of nitrogens with zero attached hydrogens (tertiary/aromatic N) is 1. The molecule has 7 heteroatoms. The Bertz CT molecular complexity index is 658. The first-order valence-corrected chi connectivity index (χ1v) is 6.48. The largest absolute Gasteiger partial charge is 0.416 e. The van der Waals surface area contributed by atoms with Gasteiger partial charge in [0.15, 0.2) is 0 Å². The van der Waals surface area contributed by atoms with Crippen LogP contribution in [-0.4, -0.2) is 16.1 Å². The summed E-state index contributed by atoms with van der Waals surface area (Å²) in [4.78, 5) is 11.7. The van der Waals surface area contributed by atoms with Gasteiger partial charge in [0.2, 0.25) is 5.91 Å². The Balaban J connectivity index is 2.00. The van der Waals surface area contributed by atoms with E-state index in [0.717, 1.165) is 17.8 Å². The molecule has 0 bridgehead atoms. The number of carbonyl (C=O) groups excluding carboxylic acids is 1. The lowest BCUT2D eigenvalue weighted by atomic mass is 10.0. The second kappa shape index (κ2) is 6.46. The van der Waals surface area contributed by atoms with E-state index in [-0.39, 0.29) is 5.91 Å². The summed E-state index contributed by atoms with van der Waals surface area (Å²) in [6, 6.07) is 6.41. The fourth-order valence-corrected chi connectivity index (χ4v) is 1.82. The molecule has 0 saturated heterocycles. The van der Waals surface area contributed by atoms with Crippen LogP contribution < -0.4 is 5.32 Å². The van der Waals surface area contributed by atoms with Crippen LogP contribution in [0.3, 0.4) is 0 Å². The number of nitrogens with one attached hydrogen (secondary N) is 2. The van der Waals surface area contributed by atoms with Crippen molar-refractivity contribution in [3.63, 3.8) is 0 Å². The molecule has 0 aliphatic heterocycles. The number of rotatable bonds is 4. The van der Waals surface area contributed by atoms with Crippen molar-refractivity contribution in [2.75, 3.05) is 0 Å². The van der Waals surface area contributed by atoms with Crippen molar-refractivity contribution >= 4 is 11.5 Å². The molecule has 0 atom stereocenters. The zero-order chi connectivity index (χ0) is 16.2. The van der Waals surface area contributed by atoms with E-state index in [2.05, 4.69) is 15.5 Å². The van der Waals surface area contributed by atoms with Crippen LogP contribution in [0.1, 0.15) is 23.7 Å². The van der Waals surface area contributed by atoms with E-state index in [1.165, 1.54) is 18.2 Å². The molecule has 2 N–H and O–H groups in total. The maximum absolute atomic E-state index is 12.5. The predicted molar refractivity (Wildman–Crippen MR) is 75.5 cm³/mol. The van der Waals surface area contributed by atoms with Crippen LogP contribution in [-0.2, 0) is 17.5 Å². The van der Waals surface area contributed by atoms with Gasteiger partial charge in [0, 0.05) is 12.3 Å². The van der Waals surface area contributed by atoms with Crippen LogP contribution in [0.25, 0.3) is 5.57 Å². The SMILES string of the molecule is CC(=CC(=O)NCc1ccn[nH]1)c1ccc(C(F)(F)F)cc1. The second-order valence-corrected chi connectivity index (χ2v) is 4.70. The van der Waals surface area contributed by atoms with Gasteiger partial charge < -0.3 is 5.32 Å². The van der Waals surface area contributed by atoms with Gasteiger partial charge in [-0.05, 0) is 36.3 Å². The molecule has 1 aromatic carbocycles. The highest BCUT2D eigenvalue weighted by Gasteiger charge is 2.29. The number of aromatic amines is 1. The number of amides is 1. The number of allylic oxidation sites excluding steroid dienone is 1. The molecule has 4 nitrogen and oxygen atoms in total. The smallest absolute Gasteiger partial charge is 0.347 e. The molecule has 116 valence electrons. The number of halogens is 3. The highest BCUT2D eigenvalue weighted by Crippen LogP contribution is 2.29. The van der Waals surface area contributed by atoms with Gasteiger partial charge >= 0.3 is 6.18 Å². The van der Waals surface area contributed by atoms with Gasteiger partial charge in [0.05, 0.1) is 17.8 Å². The fourth-order valence-electron chi connectivity index (χ4n) is 1.82. The Hall–Kier alpha value is -2.57. The lowest BCUT2D eigenvalue weighted by Gasteiger charge is -2.08. The summed E-state index contributed by atoms with van der Waals surface area (Å²) in [6.45, 7) is 1.97. The van der Waals surface area contributed by atoms with E-state index in [1.807, 2.05) is 0 Å². The molecule has 0 radical (unpaired) electrons. The molecule has 2 aromatic rings. The molecular weight excluding hydrogens is 295 g/mol. The highest BCUT2D eigenvalue weighted by atomic mass is 19.4. The summed E-state index contributed by atoms with van der Waals surface area (Å²) in [5.74, 6) is -0.327. The minimum atomic E-state index is -4.36. The van der Waals surface area contributed by atoms with Gasteiger partial charge in [0.25, 0.3) is 0 Å². The van der Waals surface area contributed by atoms with E-state index in [4.69, 9.17) is 0 Å². The second-order valence-electron chi connectivity index (χ2n) is 4.70. The maximum atomic E-state index is 12.5. The van der Waals surface area contributed by atoms with Crippen molar-refractivity contribution < 1.29 is 18.0 Å². The fraction of sp³-hybridized carbons (Fsp3) is 0.200. The minimum absolute atomic E-state index is 0.301. The van der Waals surface area contributed by atoms with E-state index >= 15 is 0 Å². The average Bonchev–Trinajstić information content (AvgIpc) is 2.97. The molecule has 0 aliphatic carbocycles. The molecular formula is C15H14F3N3O. The number of hydrogen-bond donors (Lipinski definition) is 2. The lowest BCUT2D eigenvalue weighted by molar-refractivity contribution is -0.137. The first-order chi connectivity index (χ1) is 10.4. The van der Waals surface area contributed by atoms with Crippen molar-refractivity contribution in [1.29, 1.82) is 0 Å². The zero-order valence-corrected chi connectivity index (χ0v) is 11.7. The number of carbonyl (C=O) groups is 1. The maximum Gasteiger partial charge on any atom is 0.416 e. The van der Waals surface area contributed by atoms with Crippen molar-refractivity contribution in [3.8, 4) is 0 Å². The first-order valence-electron chi connectivity index (χ1n) is 6.48. The molecule has 0 spiro atoms. The standard InChI is InChI=1S/C15H14F3N3O/c1-10(8-14(22)19-9-13-6-7-20-21-13)11-2-4-12(5-3-11)15(16,17)18/h2-8H,9H2,1H3,(H,19,22)(H,20,21). The molecule has 1 aromatic heterocycles. The third-order valence-electron chi connectivity index (χ3n) is 3.03. The minimum Gasteiger partial charge on any atom is -0.347 e. The lowest BCUT2D eigenvalue weighted by Crippen LogP contribution is -2.20. The summed E-state index contributed by atoms with van der Waals surface area (Å²) in [5, 5.41) is 9.11. The van der Waals surface area contributed by atoms with Crippen LogP contribution in [0, 0.1) is 0 Å². The molecule has 22 heavy (non-hydrogen) atoms. The average molecular weight is 309 g/mol. The third-order valence-corrected chi connectivity index (χ3v) is 3.03. The van der Waals surface area contributed by atoms with Crippen LogP contribution in [0.2, 0.25) is 0 Å². The number of aromatic nitrogens is 2. The summed E-state index contributed by atoms with van der Waals surface area (Å²) in [6.07, 6.45) is -1.44. The quantitative estimate of drug-likeness (QED) is 0.852. The van der Waals surface area contributed by atoms with Gasteiger partial charge in [-0.2, -0.15) is 18.3 Å². The molecule has 0 unspecified atom stereocenters. The van der Waals surface area contributed by atoms with Gasteiger partial charge in [0.1, 0.15) is 0 Å². The van der Waals surface area contributed by atoms with Crippen molar-refractivity contribution in [2.24, 2.45) is 0 Å².